The number of rotatable bonds is 4. The van der Waals surface area contributed by atoms with Gasteiger partial charge in [-0.1, -0.05) is 31.2 Å². The molecule has 0 amide bonds. The fourth-order valence-electron chi connectivity index (χ4n) is 1.88. The molecule has 1 aromatic heterocycles. The minimum atomic E-state index is 0.492. The Morgan fingerprint density at radius 1 is 1.28 bits per heavy atom. The Labute approximate surface area is 106 Å². The predicted molar refractivity (Wildman–Crippen MR) is 72.3 cm³/mol. The quantitative estimate of drug-likeness (QED) is 0.802. The average Bonchev–Trinajstić information content (AvgIpc) is 2.68. The Bertz CT molecular complexity index is 531. The first-order valence-corrected chi connectivity index (χ1v) is 5.87. The summed E-state index contributed by atoms with van der Waals surface area (Å²) in [7, 11) is 1.68. The number of aromatic nitrogens is 2. The van der Waals surface area contributed by atoms with Gasteiger partial charge in [0.05, 0.1) is 6.61 Å². The lowest BCUT2D eigenvalue weighted by atomic mass is 10.1. The molecule has 5 nitrogen and oxygen atoms in total. The first-order valence-electron chi connectivity index (χ1n) is 5.87. The van der Waals surface area contributed by atoms with Crippen LogP contribution in [0.25, 0.3) is 11.3 Å². The van der Waals surface area contributed by atoms with E-state index < -0.39 is 0 Å². The summed E-state index contributed by atoms with van der Waals surface area (Å²) < 4.78 is 6.52. The Morgan fingerprint density at radius 2 is 1.94 bits per heavy atom. The molecule has 2 rings (SSSR count). The molecule has 0 atom stereocenters. The molecule has 1 heterocycles. The highest BCUT2D eigenvalue weighted by Crippen LogP contribution is 2.25. The van der Waals surface area contributed by atoms with Crippen molar-refractivity contribution >= 4 is 5.82 Å². The molecular weight excluding hydrogens is 228 g/mol. The first-order chi connectivity index (χ1) is 8.67. The summed E-state index contributed by atoms with van der Waals surface area (Å²) in [4.78, 5) is 4.46. The molecule has 4 N–H and O–H groups in total. The van der Waals surface area contributed by atoms with Gasteiger partial charge in [-0.2, -0.15) is 0 Å². The highest BCUT2D eigenvalue weighted by atomic mass is 16.5. The molecule has 96 valence electrons. The molecule has 0 aliphatic carbocycles. The second kappa shape index (κ2) is 5.10. The van der Waals surface area contributed by atoms with Gasteiger partial charge in [-0.25, -0.2) is 9.66 Å². The van der Waals surface area contributed by atoms with E-state index in [1.54, 1.807) is 7.11 Å². The van der Waals surface area contributed by atoms with Crippen LogP contribution in [0.5, 0.6) is 0 Å². The van der Waals surface area contributed by atoms with Crippen LogP contribution in [0.1, 0.15) is 18.3 Å². The van der Waals surface area contributed by atoms with Gasteiger partial charge >= 0.3 is 0 Å². The van der Waals surface area contributed by atoms with Crippen LogP contribution >= 0.6 is 0 Å². The highest BCUT2D eigenvalue weighted by Gasteiger charge is 2.13. The van der Waals surface area contributed by atoms with Crippen LogP contribution in [-0.2, 0) is 17.8 Å². The van der Waals surface area contributed by atoms with E-state index >= 15 is 0 Å². The maximum absolute atomic E-state index is 5.96. The van der Waals surface area contributed by atoms with Crippen LogP contribution in [0.4, 0.5) is 5.82 Å². The van der Waals surface area contributed by atoms with E-state index in [4.69, 9.17) is 16.3 Å². The first kappa shape index (κ1) is 12.4. The molecule has 18 heavy (non-hydrogen) atoms. The van der Waals surface area contributed by atoms with Gasteiger partial charge < -0.3 is 16.3 Å². The van der Waals surface area contributed by atoms with Gasteiger partial charge in [-0.15, -0.1) is 0 Å². The third-order valence-electron chi connectivity index (χ3n) is 2.88. The summed E-state index contributed by atoms with van der Waals surface area (Å²) in [6, 6.07) is 7.96. The van der Waals surface area contributed by atoms with Crippen molar-refractivity contribution in [2.24, 2.45) is 0 Å². The molecule has 0 aliphatic rings. The molecule has 2 aromatic rings. The Balaban J connectivity index is 2.36. The minimum absolute atomic E-state index is 0.492. The van der Waals surface area contributed by atoms with Gasteiger partial charge in [0, 0.05) is 19.1 Å². The fourth-order valence-corrected chi connectivity index (χ4v) is 1.88. The third-order valence-corrected chi connectivity index (χ3v) is 2.88. The molecular formula is C13H18N4O. The summed E-state index contributed by atoms with van der Waals surface area (Å²) >= 11 is 0. The van der Waals surface area contributed by atoms with Crippen LogP contribution in [0.15, 0.2) is 24.3 Å². The van der Waals surface area contributed by atoms with E-state index in [0.29, 0.717) is 12.4 Å². The summed E-state index contributed by atoms with van der Waals surface area (Å²) in [6.07, 6.45) is 0.752. The van der Waals surface area contributed by atoms with Crippen molar-refractivity contribution in [1.29, 1.82) is 0 Å². The number of nitrogens with zero attached hydrogens (tertiary/aromatic N) is 2. The Morgan fingerprint density at radius 3 is 2.44 bits per heavy atom. The van der Waals surface area contributed by atoms with Gasteiger partial charge in [0.15, 0.2) is 5.82 Å². The highest BCUT2D eigenvalue weighted by molar-refractivity contribution is 5.71. The lowest BCUT2D eigenvalue weighted by Crippen LogP contribution is -2.14. The fraction of sp³-hybridized carbons (Fsp3) is 0.308. The standard InChI is InChI=1S/C13H18N4O/c1-3-11-16-12(13(14)17(11)15)10-6-4-9(5-7-10)8-18-2/h4-7H,3,8,14-15H2,1-2H3. The van der Waals surface area contributed by atoms with Crippen LogP contribution in [-0.4, -0.2) is 16.8 Å². The topological polar surface area (TPSA) is 79.1 Å². The van der Waals surface area contributed by atoms with Crippen molar-refractivity contribution in [2.75, 3.05) is 18.7 Å². The SMILES string of the molecule is CCc1nc(-c2ccc(COC)cc2)c(N)n1N. The van der Waals surface area contributed by atoms with E-state index in [-0.39, 0.29) is 0 Å². The van der Waals surface area contributed by atoms with E-state index in [9.17, 15) is 0 Å². The van der Waals surface area contributed by atoms with E-state index in [1.165, 1.54) is 4.68 Å². The van der Waals surface area contributed by atoms with Crippen molar-refractivity contribution in [2.45, 2.75) is 20.0 Å². The van der Waals surface area contributed by atoms with Gasteiger partial charge in [0.1, 0.15) is 11.5 Å². The number of hydrogen-bond donors (Lipinski definition) is 2. The maximum atomic E-state index is 5.96. The third kappa shape index (κ3) is 2.17. The number of imidazole rings is 1. The number of nitrogens with two attached hydrogens (primary N) is 2. The molecule has 0 radical (unpaired) electrons. The normalized spacial score (nSPS) is 10.8. The number of hydrogen-bond acceptors (Lipinski definition) is 4. The molecule has 0 saturated carbocycles. The molecule has 0 aliphatic heterocycles. The van der Waals surface area contributed by atoms with Gasteiger partial charge in [0.2, 0.25) is 0 Å². The summed E-state index contributed by atoms with van der Waals surface area (Å²) in [5.74, 6) is 7.11. The van der Waals surface area contributed by atoms with Crippen molar-refractivity contribution in [3.8, 4) is 11.3 Å². The van der Waals surface area contributed by atoms with Crippen molar-refractivity contribution in [3.63, 3.8) is 0 Å². The smallest absolute Gasteiger partial charge is 0.150 e. The molecule has 0 fully saturated rings. The number of ether oxygens (including phenoxy) is 1. The number of benzene rings is 1. The Kier molecular flexibility index (Phi) is 3.53. The zero-order chi connectivity index (χ0) is 13.1. The molecule has 0 saturated heterocycles. The molecule has 5 heteroatoms. The van der Waals surface area contributed by atoms with E-state index in [2.05, 4.69) is 4.98 Å². The number of aryl methyl sites for hydroxylation is 1. The minimum Gasteiger partial charge on any atom is -0.382 e. The number of nitrogen functional groups attached to an aromatic ring is 2. The summed E-state index contributed by atoms with van der Waals surface area (Å²) in [6.45, 7) is 2.60. The second-order valence-corrected chi connectivity index (χ2v) is 4.12. The maximum Gasteiger partial charge on any atom is 0.150 e. The van der Waals surface area contributed by atoms with Crippen molar-refractivity contribution in [3.05, 3.63) is 35.7 Å². The van der Waals surface area contributed by atoms with Crippen molar-refractivity contribution in [1.82, 2.24) is 9.66 Å². The van der Waals surface area contributed by atoms with E-state index in [1.807, 2.05) is 31.2 Å². The van der Waals surface area contributed by atoms with Crippen molar-refractivity contribution < 1.29 is 4.74 Å². The lowest BCUT2D eigenvalue weighted by Gasteiger charge is -2.03. The molecule has 0 unspecified atom stereocenters. The Hall–Kier alpha value is -2.01. The molecule has 0 bridgehead atoms. The molecule has 0 spiro atoms. The second-order valence-electron chi connectivity index (χ2n) is 4.12. The van der Waals surface area contributed by atoms with Gasteiger partial charge in [-0.3, -0.25) is 0 Å². The van der Waals surface area contributed by atoms with Crippen LogP contribution in [0.3, 0.4) is 0 Å². The van der Waals surface area contributed by atoms with Crippen LogP contribution in [0, 0.1) is 0 Å². The average molecular weight is 246 g/mol. The molecule has 1 aromatic carbocycles. The van der Waals surface area contributed by atoms with Gasteiger partial charge in [-0.05, 0) is 5.56 Å². The largest absolute Gasteiger partial charge is 0.382 e. The zero-order valence-electron chi connectivity index (χ0n) is 10.7. The number of methoxy groups -OCH3 is 1. The van der Waals surface area contributed by atoms with Crippen LogP contribution < -0.4 is 11.6 Å². The summed E-state index contributed by atoms with van der Waals surface area (Å²) in [5.41, 5.74) is 8.77. The number of anilines is 1. The van der Waals surface area contributed by atoms with E-state index in [0.717, 1.165) is 29.1 Å². The monoisotopic (exact) mass is 246 g/mol. The lowest BCUT2D eigenvalue weighted by molar-refractivity contribution is 0.185. The van der Waals surface area contributed by atoms with Gasteiger partial charge in [0.25, 0.3) is 0 Å². The zero-order valence-corrected chi connectivity index (χ0v) is 10.7. The summed E-state index contributed by atoms with van der Waals surface area (Å²) in [5, 5.41) is 0. The predicted octanol–water partition coefficient (Wildman–Crippen LogP) is 1.55. The van der Waals surface area contributed by atoms with Crippen LogP contribution in [0.2, 0.25) is 0 Å².